The fraction of sp³-hybridized carbons (Fsp3) is 0.429. The van der Waals surface area contributed by atoms with Gasteiger partial charge in [-0.25, -0.2) is 4.79 Å². The molecule has 2 rings (SSSR count). The fourth-order valence-electron chi connectivity index (χ4n) is 3.75. The van der Waals surface area contributed by atoms with Crippen LogP contribution in [0.2, 0.25) is 0 Å². The van der Waals surface area contributed by atoms with E-state index in [0.29, 0.717) is 5.56 Å². The number of hydrogen-bond donors (Lipinski definition) is 6. The summed E-state index contributed by atoms with van der Waals surface area (Å²) in [5.41, 5.74) is 7.41. The molecule has 7 N–H and O–H groups in total. The van der Waals surface area contributed by atoms with Gasteiger partial charge in [0.1, 0.15) is 23.9 Å². The molecule has 10 heteroatoms. The number of aromatic hydroxyl groups is 1. The van der Waals surface area contributed by atoms with Crippen molar-refractivity contribution >= 4 is 23.7 Å². The highest BCUT2D eigenvalue weighted by Gasteiger charge is 2.32. The monoisotopic (exact) mass is 526 g/mol. The van der Waals surface area contributed by atoms with Crippen LogP contribution in [0.5, 0.6) is 5.75 Å². The van der Waals surface area contributed by atoms with Crippen LogP contribution < -0.4 is 21.7 Å². The highest BCUT2D eigenvalue weighted by molar-refractivity contribution is 5.94. The van der Waals surface area contributed by atoms with Crippen molar-refractivity contribution in [3.63, 3.8) is 0 Å². The van der Waals surface area contributed by atoms with Crippen molar-refractivity contribution in [1.29, 1.82) is 0 Å². The van der Waals surface area contributed by atoms with Crippen LogP contribution in [0.3, 0.4) is 0 Å². The molecule has 2 aromatic carbocycles. The van der Waals surface area contributed by atoms with Crippen molar-refractivity contribution < 1.29 is 29.4 Å². The number of benzene rings is 2. The van der Waals surface area contributed by atoms with Crippen molar-refractivity contribution in [2.75, 3.05) is 0 Å². The standard InChI is InChI=1S/C28H38N4O6/c1-16(2)23(29)27(36)31-21(14-18-8-6-5-7-9-18)25(34)30-22(15-19-10-12-20(33)13-11-19)26(35)32-24(17(3)4)28(37)38/h5-13,16-17,21-24,33H,14-15,29H2,1-4H3,(H,30,34)(H,31,36)(H,32,35)(H,37,38). The van der Waals surface area contributed by atoms with Crippen LogP contribution in [0.4, 0.5) is 0 Å². The number of amides is 3. The Kier molecular flexibility index (Phi) is 11.3. The number of carboxylic acids is 1. The van der Waals surface area contributed by atoms with E-state index in [-0.39, 0.29) is 24.5 Å². The van der Waals surface area contributed by atoms with Crippen LogP contribution >= 0.6 is 0 Å². The van der Waals surface area contributed by atoms with Gasteiger partial charge >= 0.3 is 5.97 Å². The molecule has 0 fully saturated rings. The summed E-state index contributed by atoms with van der Waals surface area (Å²) in [5.74, 6) is -3.51. The number of rotatable bonds is 13. The predicted octanol–water partition coefficient (Wildman–Crippen LogP) is 1.36. The second kappa shape index (κ2) is 14.1. The van der Waals surface area contributed by atoms with Crippen LogP contribution in [-0.4, -0.2) is 58.1 Å². The maximum Gasteiger partial charge on any atom is 0.326 e. The maximum absolute atomic E-state index is 13.5. The summed E-state index contributed by atoms with van der Waals surface area (Å²) in [7, 11) is 0. The molecule has 0 aromatic heterocycles. The minimum atomic E-state index is -1.19. The predicted molar refractivity (Wildman–Crippen MR) is 143 cm³/mol. The average molecular weight is 527 g/mol. The summed E-state index contributed by atoms with van der Waals surface area (Å²) < 4.78 is 0. The Bertz CT molecular complexity index is 1090. The Balaban J connectivity index is 2.33. The van der Waals surface area contributed by atoms with Crippen molar-refractivity contribution in [2.24, 2.45) is 17.6 Å². The zero-order chi connectivity index (χ0) is 28.4. The highest BCUT2D eigenvalue weighted by Crippen LogP contribution is 2.13. The number of phenolic OH excluding ortho intramolecular Hbond substituents is 1. The summed E-state index contributed by atoms with van der Waals surface area (Å²) in [6, 6.07) is 11.0. The topological polar surface area (TPSA) is 171 Å². The van der Waals surface area contributed by atoms with Gasteiger partial charge in [-0.2, -0.15) is 0 Å². The quantitative estimate of drug-likeness (QED) is 0.229. The Morgan fingerprint density at radius 1 is 0.711 bits per heavy atom. The molecule has 0 aliphatic carbocycles. The van der Waals surface area contributed by atoms with Crippen molar-refractivity contribution in [1.82, 2.24) is 16.0 Å². The fourth-order valence-corrected chi connectivity index (χ4v) is 3.75. The van der Waals surface area contributed by atoms with E-state index in [9.17, 15) is 29.4 Å². The zero-order valence-electron chi connectivity index (χ0n) is 22.2. The molecule has 38 heavy (non-hydrogen) atoms. The molecular formula is C28H38N4O6. The third-order valence-corrected chi connectivity index (χ3v) is 6.18. The molecule has 0 saturated carbocycles. The van der Waals surface area contributed by atoms with Gasteiger partial charge in [0, 0.05) is 12.8 Å². The van der Waals surface area contributed by atoms with Gasteiger partial charge in [0.2, 0.25) is 17.7 Å². The highest BCUT2D eigenvalue weighted by atomic mass is 16.4. The largest absolute Gasteiger partial charge is 0.508 e. The van der Waals surface area contributed by atoms with E-state index in [0.717, 1.165) is 5.56 Å². The zero-order valence-corrected chi connectivity index (χ0v) is 22.2. The molecule has 0 saturated heterocycles. The van der Waals surface area contributed by atoms with Gasteiger partial charge in [-0.05, 0) is 35.1 Å². The second-order valence-corrected chi connectivity index (χ2v) is 10.0. The first-order valence-corrected chi connectivity index (χ1v) is 12.6. The molecule has 3 amide bonds. The van der Waals surface area contributed by atoms with E-state index in [1.54, 1.807) is 39.8 Å². The summed E-state index contributed by atoms with van der Waals surface area (Å²) >= 11 is 0. The molecule has 0 heterocycles. The number of nitrogens with one attached hydrogen (secondary N) is 3. The van der Waals surface area contributed by atoms with Crippen LogP contribution in [0.25, 0.3) is 0 Å². The Hall–Kier alpha value is -3.92. The molecular weight excluding hydrogens is 488 g/mol. The number of carbonyl (C=O) groups is 4. The lowest BCUT2D eigenvalue weighted by molar-refractivity contribution is -0.143. The van der Waals surface area contributed by atoms with E-state index in [1.165, 1.54) is 12.1 Å². The molecule has 0 bridgehead atoms. The normalized spacial score (nSPS) is 14.3. The van der Waals surface area contributed by atoms with Crippen molar-refractivity contribution in [2.45, 2.75) is 64.7 Å². The Morgan fingerprint density at radius 3 is 1.66 bits per heavy atom. The molecule has 4 unspecified atom stereocenters. The minimum Gasteiger partial charge on any atom is -0.508 e. The first kappa shape index (κ1) is 30.3. The molecule has 10 nitrogen and oxygen atoms in total. The molecule has 0 aliphatic heterocycles. The molecule has 0 spiro atoms. The number of phenols is 1. The number of carbonyl (C=O) groups excluding carboxylic acids is 3. The lowest BCUT2D eigenvalue weighted by Gasteiger charge is -2.26. The first-order valence-electron chi connectivity index (χ1n) is 12.6. The van der Waals surface area contributed by atoms with E-state index < -0.39 is 53.8 Å². The number of nitrogens with two attached hydrogens (primary N) is 1. The van der Waals surface area contributed by atoms with Crippen LogP contribution in [-0.2, 0) is 32.0 Å². The molecule has 206 valence electrons. The number of carboxylic acid groups (broad SMARTS) is 1. The smallest absolute Gasteiger partial charge is 0.326 e. The molecule has 4 atom stereocenters. The second-order valence-electron chi connectivity index (χ2n) is 10.0. The SMILES string of the molecule is CC(C)C(N)C(=O)NC(Cc1ccccc1)C(=O)NC(Cc1ccc(O)cc1)C(=O)NC(C(=O)O)C(C)C. The third-order valence-electron chi connectivity index (χ3n) is 6.18. The lowest BCUT2D eigenvalue weighted by Crippen LogP contribution is -2.59. The summed E-state index contributed by atoms with van der Waals surface area (Å²) in [6.07, 6.45) is 0.181. The summed E-state index contributed by atoms with van der Waals surface area (Å²) in [6.45, 7) is 6.91. The number of hydrogen-bond acceptors (Lipinski definition) is 6. The van der Waals surface area contributed by atoms with Gasteiger partial charge in [0.25, 0.3) is 0 Å². The number of aliphatic carboxylic acids is 1. The summed E-state index contributed by atoms with van der Waals surface area (Å²) in [5, 5.41) is 27.0. The Labute approximate surface area is 223 Å². The van der Waals surface area contributed by atoms with Crippen LogP contribution in [0.1, 0.15) is 38.8 Å². The molecule has 0 aliphatic rings. The summed E-state index contributed by atoms with van der Waals surface area (Å²) in [4.78, 5) is 51.1. The van der Waals surface area contributed by atoms with E-state index >= 15 is 0 Å². The molecule has 2 aromatic rings. The average Bonchev–Trinajstić information content (AvgIpc) is 2.87. The first-order chi connectivity index (χ1) is 17.9. The van der Waals surface area contributed by atoms with Gasteiger partial charge < -0.3 is 31.9 Å². The maximum atomic E-state index is 13.5. The van der Waals surface area contributed by atoms with Gasteiger partial charge in [-0.15, -0.1) is 0 Å². The van der Waals surface area contributed by atoms with Crippen molar-refractivity contribution in [3.05, 3.63) is 65.7 Å². The van der Waals surface area contributed by atoms with Gasteiger partial charge in [0.05, 0.1) is 6.04 Å². The van der Waals surface area contributed by atoms with Crippen LogP contribution in [0.15, 0.2) is 54.6 Å². The van der Waals surface area contributed by atoms with Gasteiger partial charge in [-0.1, -0.05) is 70.2 Å². The minimum absolute atomic E-state index is 0.0276. The van der Waals surface area contributed by atoms with E-state index in [4.69, 9.17) is 5.73 Å². The molecule has 0 radical (unpaired) electrons. The third kappa shape index (κ3) is 9.19. The van der Waals surface area contributed by atoms with Gasteiger partial charge in [-0.3, -0.25) is 14.4 Å². The Morgan fingerprint density at radius 2 is 1.18 bits per heavy atom. The van der Waals surface area contributed by atoms with Crippen LogP contribution in [0, 0.1) is 11.8 Å². The van der Waals surface area contributed by atoms with E-state index in [1.807, 2.05) is 30.3 Å². The van der Waals surface area contributed by atoms with Crippen molar-refractivity contribution in [3.8, 4) is 5.75 Å². The van der Waals surface area contributed by atoms with E-state index in [2.05, 4.69) is 16.0 Å². The van der Waals surface area contributed by atoms with Gasteiger partial charge in [0.15, 0.2) is 0 Å². The lowest BCUT2D eigenvalue weighted by atomic mass is 9.99.